The zero-order chi connectivity index (χ0) is 27.2. The van der Waals surface area contributed by atoms with Gasteiger partial charge in [-0.05, 0) is 41.8 Å². The standard InChI is InChI=1S/C29H26N4O4S2/c1-2-3-17-37-22-11-9-20(10-12-22)24-23(25(34)21-13-15-30-16-14-21)26(35)27(36)33(24)28-31-32-29(39-28)38-18-19-7-5-4-6-8-19/h4-16,24,34H,2-3,17-18H2,1H3. The minimum absolute atomic E-state index is 0.0143. The number of aliphatic hydroxyl groups excluding tert-OH is 1. The Morgan fingerprint density at radius 1 is 1.03 bits per heavy atom. The second kappa shape index (κ2) is 12.2. The maximum atomic E-state index is 13.4. The van der Waals surface area contributed by atoms with Crippen LogP contribution in [0.5, 0.6) is 5.75 Å². The first-order valence-electron chi connectivity index (χ1n) is 12.5. The molecule has 1 fully saturated rings. The first-order valence-corrected chi connectivity index (χ1v) is 14.3. The Labute approximate surface area is 234 Å². The maximum Gasteiger partial charge on any atom is 0.301 e. The number of aliphatic hydroxyl groups is 1. The zero-order valence-electron chi connectivity index (χ0n) is 21.2. The largest absolute Gasteiger partial charge is 0.507 e. The van der Waals surface area contributed by atoms with Gasteiger partial charge < -0.3 is 9.84 Å². The molecule has 1 saturated heterocycles. The van der Waals surface area contributed by atoms with E-state index in [0.29, 0.717) is 33.6 Å². The predicted molar refractivity (Wildman–Crippen MR) is 152 cm³/mol. The molecule has 4 aromatic rings. The van der Waals surface area contributed by atoms with Gasteiger partial charge in [0.05, 0.1) is 18.2 Å². The summed E-state index contributed by atoms with van der Waals surface area (Å²) in [5.41, 5.74) is 2.16. The average Bonchev–Trinajstić information content (AvgIpc) is 3.55. The van der Waals surface area contributed by atoms with Gasteiger partial charge in [-0.3, -0.25) is 19.5 Å². The molecule has 2 aromatic heterocycles. The van der Waals surface area contributed by atoms with Crippen molar-refractivity contribution in [3.05, 3.63) is 101 Å². The lowest BCUT2D eigenvalue weighted by Crippen LogP contribution is -2.29. The molecular weight excluding hydrogens is 532 g/mol. The molecule has 0 aliphatic carbocycles. The monoisotopic (exact) mass is 558 g/mol. The van der Waals surface area contributed by atoms with Crippen LogP contribution in [0.2, 0.25) is 0 Å². The summed E-state index contributed by atoms with van der Waals surface area (Å²) in [7, 11) is 0. The molecule has 10 heteroatoms. The van der Waals surface area contributed by atoms with Gasteiger partial charge in [-0.1, -0.05) is 78.9 Å². The van der Waals surface area contributed by atoms with Gasteiger partial charge in [0, 0.05) is 23.7 Å². The molecule has 0 bridgehead atoms. The minimum Gasteiger partial charge on any atom is -0.507 e. The van der Waals surface area contributed by atoms with Crippen molar-refractivity contribution in [1.29, 1.82) is 0 Å². The third-order valence-electron chi connectivity index (χ3n) is 6.17. The first kappa shape index (κ1) is 26.6. The molecule has 8 nitrogen and oxygen atoms in total. The molecule has 198 valence electrons. The fourth-order valence-corrected chi connectivity index (χ4v) is 5.99. The number of hydrogen-bond donors (Lipinski definition) is 1. The molecule has 5 rings (SSSR count). The van der Waals surface area contributed by atoms with E-state index >= 15 is 0 Å². The van der Waals surface area contributed by atoms with Crippen LogP contribution in [0.1, 0.15) is 42.5 Å². The van der Waals surface area contributed by atoms with E-state index in [0.717, 1.165) is 18.4 Å². The number of unbranched alkanes of at least 4 members (excludes halogenated alkanes) is 1. The fourth-order valence-electron chi connectivity index (χ4n) is 4.17. The van der Waals surface area contributed by atoms with Crippen LogP contribution >= 0.6 is 23.1 Å². The Morgan fingerprint density at radius 3 is 2.49 bits per heavy atom. The summed E-state index contributed by atoms with van der Waals surface area (Å²) in [5.74, 6) is -0.441. The number of Topliss-reactive ketones (excluding diaryl/α,β-unsaturated/α-hetero) is 1. The molecule has 1 atom stereocenters. The van der Waals surface area contributed by atoms with Gasteiger partial charge in [0.1, 0.15) is 11.5 Å². The summed E-state index contributed by atoms with van der Waals surface area (Å²) in [6, 6.07) is 19.5. The number of anilines is 1. The van der Waals surface area contributed by atoms with E-state index in [-0.39, 0.29) is 16.5 Å². The van der Waals surface area contributed by atoms with Gasteiger partial charge in [-0.15, -0.1) is 10.2 Å². The number of ether oxygens (including phenoxy) is 1. The number of benzene rings is 2. The number of pyridine rings is 1. The van der Waals surface area contributed by atoms with Gasteiger partial charge >= 0.3 is 5.91 Å². The highest BCUT2D eigenvalue weighted by Crippen LogP contribution is 2.44. The summed E-state index contributed by atoms with van der Waals surface area (Å²) in [5, 5.41) is 20.0. The number of thioether (sulfide) groups is 1. The van der Waals surface area contributed by atoms with Gasteiger partial charge in [-0.25, -0.2) is 0 Å². The minimum atomic E-state index is -0.886. The predicted octanol–water partition coefficient (Wildman–Crippen LogP) is 6.03. The second-order valence-corrected chi connectivity index (χ2v) is 11.0. The molecule has 1 aliphatic rings. The average molecular weight is 559 g/mol. The number of hydrogen-bond acceptors (Lipinski definition) is 9. The Bertz CT molecular complexity index is 1470. The maximum absolute atomic E-state index is 13.4. The number of carbonyl (C=O) groups is 2. The Kier molecular flexibility index (Phi) is 8.33. The van der Waals surface area contributed by atoms with Gasteiger partial charge in [0.15, 0.2) is 4.34 Å². The topological polar surface area (TPSA) is 106 Å². The molecule has 1 N–H and O–H groups in total. The van der Waals surface area contributed by atoms with Crippen molar-refractivity contribution in [3.63, 3.8) is 0 Å². The lowest BCUT2D eigenvalue weighted by molar-refractivity contribution is -0.132. The lowest BCUT2D eigenvalue weighted by Gasteiger charge is -2.22. The van der Waals surface area contributed by atoms with Gasteiger partial charge in [0.2, 0.25) is 5.13 Å². The summed E-state index contributed by atoms with van der Waals surface area (Å²) in [4.78, 5) is 32.0. The van der Waals surface area contributed by atoms with Crippen molar-refractivity contribution in [2.45, 2.75) is 35.9 Å². The highest BCUT2D eigenvalue weighted by molar-refractivity contribution is 8.00. The van der Waals surface area contributed by atoms with E-state index in [1.165, 1.54) is 40.4 Å². The summed E-state index contributed by atoms with van der Waals surface area (Å²) in [6.45, 7) is 2.70. The smallest absolute Gasteiger partial charge is 0.301 e. The van der Waals surface area contributed by atoms with Crippen molar-refractivity contribution in [1.82, 2.24) is 15.2 Å². The van der Waals surface area contributed by atoms with E-state index in [1.807, 2.05) is 30.3 Å². The SMILES string of the molecule is CCCCOc1ccc(C2C(=C(O)c3ccncc3)C(=O)C(=O)N2c2nnc(SCc3ccccc3)s2)cc1. The summed E-state index contributed by atoms with van der Waals surface area (Å²) >= 11 is 2.74. The number of rotatable bonds is 10. The molecule has 0 spiro atoms. The van der Waals surface area contributed by atoms with Crippen LogP contribution in [-0.2, 0) is 15.3 Å². The van der Waals surface area contributed by atoms with Crippen molar-refractivity contribution in [2.24, 2.45) is 0 Å². The summed E-state index contributed by atoms with van der Waals surface area (Å²) in [6.07, 6.45) is 5.00. The van der Waals surface area contributed by atoms with Crippen LogP contribution in [0, 0.1) is 0 Å². The molecule has 0 saturated carbocycles. The van der Waals surface area contributed by atoms with Crippen molar-refractivity contribution in [2.75, 3.05) is 11.5 Å². The number of nitrogens with zero attached hydrogens (tertiary/aromatic N) is 4. The molecule has 1 amide bonds. The van der Waals surface area contributed by atoms with Gasteiger partial charge in [0.25, 0.3) is 5.78 Å². The molecule has 3 heterocycles. The number of aromatic nitrogens is 3. The second-order valence-electron chi connectivity index (χ2n) is 8.80. The highest BCUT2D eigenvalue weighted by atomic mass is 32.2. The van der Waals surface area contributed by atoms with Crippen LogP contribution in [0.3, 0.4) is 0 Å². The molecule has 39 heavy (non-hydrogen) atoms. The molecule has 2 aromatic carbocycles. The Balaban J connectivity index is 1.50. The normalized spacial score (nSPS) is 16.5. The lowest BCUT2D eigenvalue weighted by atomic mass is 9.95. The van der Waals surface area contributed by atoms with Crippen LogP contribution < -0.4 is 9.64 Å². The van der Waals surface area contributed by atoms with Crippen molar-refractivity contribution < 1.29 is 19.4 Å². The molecule has 1 aliphatic heterocycles. The first-order chi connectivity index (χ1) is 19.1. The third-order valence-corrected chi connectivity index (χ3v) is 8.29. The Hall–Kier alpha value is -4.02. The van der Waals surface area contributed by atoms with Gasteiger partial charge in [-0.2, -0.15) is 0 Å². The zero-order valence-corrected chi connectivity index (χ0v) is 22.8. The Morgan fingerprint density at radius 2 is 1.77 bits per heavy atom. The molecular formula is C29H26N4O4S2. The summed E-state index contributed by atoms with van der Waals surface area (Å²) < 4.78 is 6.46. The quantitative estimate of drug-likeness (QED) is 0.0628. The molecule has 1 unspecified atom stereocenters. The number of amides is 1. The van der Waals surface area contributed by atoms with Crippen LogP contribution in [-0.4, -0.2) is 38.6 Å². The van der Waals surface area contributed by atoms with E-state index in [1.54, 1.807) is 36.4 Å². The van der Waals surface area contributed by atoms with E-state index < -0.39 is 17.7 Å². The van der Waals surface area contributed by atoms with Crippen molar-refractivity contribution in [3.8, 4) is 5.75 Å². The number of carbonyl (C=O) groups excluding carboxylic acids is 2. The number of ketones is 1. The van der Waals surface area contributed by atoms with Crippen LogP contribution in [0.4, 0.5) is 5.13 Å². The van der Waals surface area contributed by atoms with E-state index in [9.17, 15) is 14.7 Å². The van der Waals surface area contributed by atoms with Crippen molar-refractivity contribution >= 4 is 45.7 Å². The fraction of sp³-hybridized carbons (Fsp3) is 0.207. The van der Waals surface area contributed by atoms with Crippen LogP contribution in [0.15, 0.2) is 89.0 Å². The third kappa shape index (κ3) is 5.86. The van der Waals surface area contributed by atoms with Crippen LogP contribution in [0.25, 0.3) is 5.76 Å². The molecule has 0 radical (unpaired) electrons. The highest BCUT2D eigenvalue weighted by Gasteiger charge is 2.48. The van der Waals surface area contributed by atoms with E-state index in [2.05, 4.69) is 22.1 Å². The van der Waals surface area contributed by atoms with E-state index in [4.69, 9.17) is 4.74 Å².